The molecule has 1 saturated heterocycles. The normalized spacial score (nSPS) is 25.2. The number of benzene rings is 1. The SMILES string of the molecule is CC1CCN(CCCCc2ccccc2)CC1O. The van der Waals surface area contributed by atoms with Gasteiger partial charge in [0.1, 0.15) is 0 Å². The fourth-order valence-electron chi connectivity index (χ4n) is 2.63. The third-order valence-corrected chi connectivity index (χ3v) is 4.04. The molecule has 2 atom stereocenters. The van der Waals surface area contributed by atoms with Crippen LogP contribution in [0.2, 0.25) is 0 Å². The number of piperidine rings is 1. The highest BCUT2D eigenvalue weighted by atomic mass is 16.3. The maximum absolute atomic E-state index is 9.84. The molecule has 1 aliphatic rings. The number of hydrogen-bond donors (Lipinski definition) is 1. The average Bonchev–Trinajstić information content (AvgIpc) is 2.40. The largest absolute Gasteiger partial charge is 0.392 e. The van der Waals surface area contributed by atoms with Crippen molar-refractivity contribution in [3.63, 3.8) is 0 Å². The van der Waals surface area contributed by atoms with Crippen molar-refractivity contribution < 1.29 is 5.11 Å². The van der Waals surface area contributed by atoms with Crippen molar-refractivity contribution in [2.24, 2.45) is 5.92 Å². The van der Waals surface area contributed by atoms with E-state index in [0.29, 0.717) is 5.92 Å². The molecule has 0 saturated carbocycles. The van der Waals surface area contributed by atoms with Crippen molar-refractivity contribution in [3.8, 4) is 0 Å². The molecule has 0 bridgehead atoms. The Morgan fingerprint density at radius 3 is 2.72 bits per heavy atom. The van der Waals surface area contributed by atoms with E-state index in [1.165, 1.54) is 24.8 Å². The number of unbranched alkanes of at least 4 members (excludes halogenated alkanes) is 1. The van der Waals surface area contributed by atoms with E-state index in [1.54, 1.807) is 0 Å². The van der Waals surface area contributed by atoms with Crippen LogP contribution in [0.1, 0.15) is 31.7 Å². The maximum atomic E-state index is 9.84. The number of aliphatic hydroxyl groups is 1. The zero-order chi connectivity index (χ0) is 12.8. The van der Waals surface area contributed by atoms with Gasteiger partial charge in [0.05, 0.1) is 6.10 Å². The van der Waals surface area contributed by atoms with Crippen LogP contribution in [0.3, 0.4) is 0 Å². The Morgan fingerprint density at radius 1 is 1.22 bits per heavy atom. The van der Waals surface area contributed by atoms with E-state index in [0.717, 1.165) is 26.1 Å². The minimum atomic E-state index is -0.118. The lowest BCUT2D eigenvalue weighted by Gasteiger charge is -2.34. The average molecular weight is 247 g/mol. The van der Waals surface area contributed by atoms with Gasteiger partial charge in [-0.1, -0.05) is 37.3 Å². The molecule has 1 aliphatic heterocycles. The van der Waals surface area contributed by atoms with E-state index >= 15 is 0 Å². The first-order chi connectivity index (χ1) is 8.75. The Labute approximate surface area is 111 Å². The molecule has 2 unspecified atom stereocenters. The Bertz CT molecular complexity index is 338. The van der Waals surface area contributed by atoms with Gasteiger partial charge < -0.3 is 10.0 Å². The van der Waals surface area contributed by atoms with Crippen LogP contribution >= 0.6 is 0 Å². The maximum Gasteiger partial charge on any atom is 0.0693 e. The van der Waals surface area contributed by atoms with Crippen molar-refractivity contribution in [1.29, 1.82) is 0 Å². The van der Waals surface area contributed by atoms with Crippen LogP contribution in [-0.2, 0) is 6.42 Å². The van der Waals surface area contributed by atoms with Gasteiger partial charge in [0, 0.05) is 6.54 Å². The summed E-state index contributed by atoms with van der Waals surface area (Å²) in [7, 11) is 0. The summed E-state index contributed by atoms with van der Waals surface area (Å²) in [5, 5.41) is 9.84. The van der Waals surface area contributed by atoms with Crippen molar-refractivity contribution in [2.45, 2.75) is 38.7 Å². The van der Waals surface area contributed by atoms with Crippen LogP contribution in [0.25, 0.3) is 0 Å². The number of nitrogens with zero attached hydrogens (tertiary/aromatic N) is 1. The van der Waals surface area contributed by atoms with E-state index in [4.69, 9.17) is 0 Å². The molecule has 0 aromatic heterocycles. The molecular formula is C16H25NO. The van der Waals surface area contributed by atoms with E-state index in [1.807, 2.05) is 0 Å². The molecule has 0 radical (unpaired) electrons. The summed E-state index contributed by atoms with van der Waals surface area (Å²) in [5.41, 5.74) is 1.44. The lowest BCUT2D eigenvalue weighted by atomic mass is 9.96. The molecule has 2 rings (SSSR count). The Kier molecular flexibility index (Phi) is 5.21. The second-order valence-electron chi connectivity index (χ2n) is 5.58. The first kappa shape index (κ1) is 13.6. The summed E-state index contributed by atoms with van der Waals surface area (Å²) < 4.78 is 0. The van der Waals surface area contributed by atoms with Crippen LogP contribution in [0.4, 0.5) is 0 Å². The number of likely N-dealkylation sites (tertiary alicyclic amines) is 1. The monoisotopic (exact) mass is 247 g/mol. The van der Waals surface area contributed by atoms with Gasteiger partial charge in [-0.3, -0.25) is 0 Å². The standard InChI is InChI=1S/C16H25NO/c1-14-10-12-17(13-16(14)18)11-6-5-9-15-7-3-2-4-8-15/h2-4,7-8,14,16,18H,5-6,9-13H2,1H3. The topological polar surface area (TPSA) is 23.5 Å². The summed E-state index contributed by atoms with van der Waals surface area (Å²) in [6, 6.07) is 10.7. The molecule has 2 heteroatoms. The molecule has 1 aromatic carbocycles. The molecule has 0 aliphatic carbocycles. The lowest BCUT2D eigenvalue weighted by molar-refractivity contribution is 0.0287. The van der Waals surface area contributed by atoms with Crippen LogP contribution in [0.15, 0.2) is 30.3 Å². The zero-order valence-corrected chi connectivity index (χ0v) is 11.4. The Balaban J connectivity index is 1.61. The van der Waals surface area contributed by atoms with Gasteiger partial charge in [0.25, 0.3) is 0 Å². The molecule has 2 nitrogen and oxygen atoms in total. The third kappa shape index (κ3) is 4.11. The highest BCUT2D eigenvalue weighted by Crippen LogP contribution is 2.17. The second kappa shape index (κ2) is 6.91. The van der Waals surface area contributed by atoms with Gasteiger partial charge >= 0.3 is 0 Å². The van der Waals surface area contributed by atoms with Crippen LogP contribution < -0.4 is 0 Å². The first-order valence-electron chi connectivity index (χ1n) is 7.20. The molecule has 18 heavy (non-hydrogen) atoms. The van der Waals surface area contributed by atoms with Crippen molar-refractivity contribution >= 4 is 0 Å². The van der Waals surface area contributed by atoms with Crippen LogP contribution in [0.5, 0.6) is 0 Å². The van der Waals surface area contributed by atoms with Gasteiger partial charge in [-0.05, 0) is 50.3 Å². The highest BCUT2D eigenvalue weighted by Gasteiger charge is 2.23. The molecule has 1 heterocycles. The van der Waals surface area contributed by atoms with Gasteiger partial charge in [-0.15, -0.1) is 0 Å². The molecule has 1 N–H and O–H groups in total. The quantitative estimate of drug-likeness (QED) is 0.809. The molecule has 0 spiro atoms. The predicted molar refractivity (Wildman–Crippen MR) is 75.6 cm³/mol. The Hall–Kier alpha value is -0.860. The summed E-state index contributed by atoms with van der Waals surface area (Å²) in [5.74, 6) is 0.477. The van der Waals surface area contributed by atoms with Gasteiger partial charge in [0.15, 0.2) is 0 Å². The van der Waals surface area contributed by atoms with E-state index in [9.17, 15) is 5.11 Å². The molecule has 1 aromatic rings. The first-order valence-corrected chi connectivity index (χ1v) is 7.20. The third-order valence-electron chi connectivity index (χ3n) is 4.04. The minimum Gasteiger partial charge on any atom is -0.392 e. The summed E-state index contributed by atoms with van der Waals surface area (Å²) in [4.78, 5) is 2.41. The number of β-amino-alcohol motifs (C(OH)–C–C–N with tert-alkyl or cyclic N) is 1. The van der Waals surface area contributed by atoms with Crippen molar-refractivity contribution in [1.82, 2.24) is 4.90 Å². The highest BCUT2D eigenvalue weighted by molar-refractivity contribution is 5.14. The van der Waals surface area contributed by atoms with Crippen LogP contribution in [-0.4, -0.2) is 35.7 Å². The van der Waals surface area contributed by atoms with Gasteiger partial charge in [0.2, 0.25) is 0 Å². The van der Waals surface area contributed by atoms with E-state index in [-0.39, 0.29) is 6.10 Å². The second-order valence-corrected chi connectivity index (χ2v) is 5.58. The van der Waals surface area contributed by atoms with E-state index < -0.39 is 0 Å². The van der Waals surface area contributed by atoms with Crippen molar-refractivity contribution in [3.05, 3.63) is 35.9 Å². The van der Waals surface area contributed by atoms with Gasteiger partial charge in [-0.25, -0.2) is 0 Å². The Morgan fingerprint density at radius 2 is 2.00 bits per heavy atom. The fourth-order valence-corrected chi connectivity index (χ4v) is 2.63. The zero-order valence-electron chi connectivity index (χ0n) is 11.4. The number of aliphatic hydroxyl groups excluding tert-OH is 1. The smallest absolute Gasteiger partial charge is 0.0693 e. The summed E-state index contributed by atoms with van der Waals surface area (Å²) in [6.07, 6.45) is 4.67. The molecule has 1 fully saturated rings. The summed E-state index contributed by atoms with van der Waals surface area (Å²) >= 11 is 0. The summed E-state index contributed by atoms with van der Waals surface area (Å²) in [6.45, 7) is 5.31. The predicted octanol–water partition coefficient (Wildman–Crippen LogP) is 2.71. The fraction of sp³-hybridized carbons (Fsp3) is 0.625. The van der Waals surface area contributed by atoms with Crippen LogP contribution in [0, 0.1) is 5.92 Å². The van der Waals surface area contributed by atoms with Gasteiger partial charge in [-0.2, -0.15) is 0 Å². The molecule has 0 amide bonds. The van der Waals surface area contributed by atoms with E-state index in [2.05, 4.69) is 42.2 Å². The number of aryl methyl sites for hydroxylation is 1. The molecular weight excluding hydrogens is 222 g/mol. The molecule has 100 valence electrons. The number of hydrogen-bond acceptors (Lipinski definition) is 2. The van der Waals surface area contributed by atoms with Crippen molar-refractivity contribution in [2.75, 3.05) is 19.6 Å². The minimum absolute atomic E-state index is 0.118. The lowest BCUT2D eigenvalue weighted by Crippen LogP contribution is -2.43. The number of rotatable bonds is 5.